The number of rotatable bonds is 5. The second-order valence-corrected chi connectivity index (χ2v) is 7.81. The fourth-order valence-electron chi connectivity index (χ4n) is 4.35. The number of nitrogens with zero attached hydrogens (tertiary/aromatic N) is 3. The molecule has 0 saturated carbocycles. The number of aromatic nitrogens is 1. The van der Waals surface area contributed by atoms with Gasteiger partial charge in [-0.25, -0.2) is 4.39 Å². The Morgan fingerprint density at radius 3 is 2.96 bits per heavy atom. The molecule has 4 rings (SSSR count). The van der Waals surface area contributed by atoms with E-state index in [0.29, 0.717) is 13.0 Å². The molecule has 2 fully saturated rings. The summed E-state index contributed by atoms with van der Waals surface area (Å²) in [4.78, 5) is 20.8. The molecule has 2 saturated heterocycles. The predicted molar refractivity (Wildman–Crippen MR) is 107 cm³/mol. The maximum Gasteiger partial charge on any atom is 0.237 e. The number of amides is 1. The number of ether oxygens (including phenoxy) is 1. The van der Waals surface area contributed by atoms with Crippen molar-refractivity contribution in [2.75, 3.05) is 38.6 Å². The molecule has 0 unspecified atom stereocenters. The van der Waals surface area contributed by atoms with E-state index in [0.717, 1.165) is 41.9 Å². The molecule has 28 heavy (non-hydrogen) atoms. The highest BCUT2D eigenvalue weighted by molar-refractivity contribution is 5.95. The second kappa shape index (κ2) is 7.91. The minimum absolute atomic E-state index is 0.00260. The van der Waals surface area contributed by atoms with Gasteiger partial charge in [0.05, 0.1) is 20.2 Å². The standard InChI is InChI=1S/C21H27FN4O2/c1-14-10-15(22)11-26(14)20(27)13-25-9-7-16(12-25)24-18-5-6-19(28-2)21-17(18)4-3-8-23-21/h3-6,8,14-16,24H,7,9-13H2,1-2H3/t14-,15+,16-/m1/s1. The van der Waals surface area contributed by atoms with Crippen molar-refractivity contribution < 1.29 is 13.9 Å². The quantitative estimate of drug-likeness (QED) is 0.856. The number of fused-ring (bicyclic) bond motifs is 1. The highest BCUT2D eigenvalue weighted by Crippen LogP contribution is 2.31. The lowest BCUT2D eigenvalue weighted by molar-refractivity contribution is -0.132. The lowest BCUT2D eigenvalue weighted by Gasteiger charge is -2.24. The second-order valence-electron chi connectivity index (χ2n) is 7.81. The summed E-state index contributed by atoms with van der Waals surface area (Å²) in [5.74, 6) is 0.790. The molecule has 2 aliphatic heterocycles. The number of carbonyl (C=O) groups excluding carboxylic acids is 1. The third kappa shape index (κ3) is 3.76. The molecule has 1 amide bonds. The maximum atomic E-state index is 13.6. The number of pyridine rings is 1. The van der Waals surface area contributed by atoms with Crippen LogP contribution in [-0.2, 0) is 4.79 Å². The van der Waals surface area contributed by atoms with Gasteiger partial charge in [-0.1, -0.05) is 0 Å². The van der Waals surface area contributed by atoms with Crippen LogP contribution in [0.5, 0.6) is 5.75 Å². The van der Waals surface area contributed by atoms with Crippen molar-refractivity contribution in [3.05, 3.63) is 30.5 Å². The number of nitrogens with one attached hydrogen (secondary N) is 1. The molecular formula is C21H27FN4O2. The van der Waals surface area contributed by atoms with Gasteiger partial charge in [0.2, 0.25) is 5.91 Å². The first-order chi connectivity index (χ1) is 13.5. The van der Waals surface area contributed by atoms with Gasteiger partial charge in [0.1, 0.15) is 17.4 Å². The molecule has 1 N–H and O–H groups in total. The number of benzene rings is 1. The first-order valence-electron chi connectivity index (χ1n) is 9.89. The zero-order chi connectivity index (χ0) is 19.7. The summed E-state index contributed by atoms with van der Waals surface area (Å²) in [5.41, 5.74) is 1.86. The third-order valence-electron chi connectivity index (χ3n) is 5.79. The van der Waals surface area contributed by atoms with Crippen LogP contribution in [0.4, 0.5) is 10.1 Å². The Morgan fingerprint density at radius 1 is 1.36 bits per heavy atom. The molecule has 3 atom stereocenters. The van der Waals surface area contributed by atoms with Crippen molar-refractivity contribution in [2.45, 2.75) is 38.0 Å². The van der Waals surface area contributed by atoms with Crippen molar-refractivity contribution in [2.24, 2.45) is 0 Å². The summed E-state index contributed by atoms with van der Waals surface area (Å²) in [6.07, 6.45) is 2.29. The molecule has 1 aromatic heterocycles. The topological polar surface area (TPSA) is 57.7 Å². The summed E-state index contributed by atoms with van der Waals surface area (Å²) in [7, 11) is 1.65. The summed E-state index contributed by atoms with van der Waals surface area (Å²) in [6.45, 7) is 4.17. The molecule has 2 aliphatic rings. The summed E-state index contributed by atoms with van der Waals surface area (Å²) in [5, 5.41) is 4.63. The zero-order valence-electron chi connectivity index (χ0n) is 16.4. The fraction of sp³-hybridized carbons (Fsp3) is 0.524. The fourth-order valence-corrected chi connectivity index (χ4v) is 4.35. The van der Waals surface area contributed by atoms with Gasteiger partial charge in [-0.2, -0.15) is 0 Å². The molecular weight excluding hydrogens is 359 g/mol. The highest BCUT2D eigenvalue weighted by Gasteiger charge is 2.34. The van der Waals surface area contributed by atoms with Crippen molar-refractivity contribution in [3.63, 3.8) is 0 Å². The number of anilines is 1. The van der Waals surface area contributed by atoms with Crippen LogP contribution in [0, 0.1) is 0 Å². The van der Waals surface area contributed by atoms with E-state index < -0.39 is 6.17 Å². The Labute approximate surface area is 164 Å². The maximum absolute atomic E-state index is 13.6. The molecule has 1 aromatic carbocycles. The normalized spacial score (nSPS) is 25.4. The van der Waals surface area contributed by atoms with E-state index >= 15 is 0 Å². The van der Waals surface area contributed by atoms with Gasteiger partial charge in [-0.05, 0) is 37.6 Å². The number of carbonyl (C=O) groups is 1. The minimum Gasteiger partial charge on any atom is -0.494 e. The first kappa shape index (κ1) is 18.9. The lowest BCUT2D eigenvalue weighted by atomic mass is 10.1. The number of likely N-dealkylation sites (tertiary alicyclic amines) is 2. The average Bonchev–Trinajstić information content (AvgIpc) is 3.27. The van der Waals surface area contributed by atoms with Crippen molar-refractivity contribution >= 4 is 22.5 Å². The monoisotopic (exact) mass is 386 g/mol. The predicted octanol–water partition coefficient (Wildman–Crippen LogP) is 2.69. The average molecular weight is 386 g/mol. The van der Waals surface area contributed by atoms with Crippen LogP contribution in [-0.4, -0.2) is 72.2 Å². The van der Waals surface area contributed by atoms with E-state index in [1.165, 1.54) is 0 Å². The van der Waals surface area contributed by atoms with E-state index in [4.69, 9.17) is 4.74 Å². The molecule has 150 valence electrons. The molecule has 0 bridgehead atoms. The van der Waals surface area contributed by atoms with Gasteiger partial charge in [0.15, 0.2) is 0 Å². The number of methoxy groups -OCH3 is 1. The number of hydrogen-bond donors (Lipinski definition) is 1. The Kier molecular flexibility index (Phi) is 5.35. The summed E-state index contributed by atoms with van der Waals surface area (Å²) < 4.78 is 19.0. The van der Waals surface area contributed by atoms with E-state index in [2.05, 4.69) is 15.2 Å². The minimum atomic E-state index is -0.885. The van der Waals surface area contributed by atoms with Gasteiger partial charge in [0, 0.05) is 48.9 Å². The van der Waals surface area contributed by atoms with Gasteiger partial charge >= 0.3 is 0 Å². The van der Waals surface area contributed by atoms with Crippen LogP contribution in [0.2, 0.25) is 0 Å². The molecule has 0 spiro atoms. The van der Waals surface area contributed by atoms with Gasteiger partial charge in [-0.3, -0.25) is 14.7 Å². The van der Waals surface area contributed by atoms with Gasteiger partial charge < -0.3 is 15.0 Å². The molecule has 3 heterocycles. The Bertz CT molecular complexity index is 861. The molecule has 0 aliphatic carbocycles. The van der Waals surface area contributed by atoms with E-state index in [9.17, 15) is 9.18 Å². The molecule has 6 nitrogen and oxygen atoms in total. The third-order valence-corrected chi connectivity index (χ3v) is 5.79. The lowest BCUT2D eigenvalue weighted by Crippen LogP contribution is -2.42. The first-order valence-corrected chi connectivity index (χ1v) is 9.89. The zero-order valence-corrected chi connectivity index (χ0v) is 16.4. The van der Waals surface area contributed by atoms with E-state index in [1.807, 2.05) is 31.2 Å². The smallest absolute Gasteiger partial charge is 0.237 e. The van der Waals surface area contributed by atoms with Gasteiger partial charge in [0.25, 0.3) is 0 Å². The van der Waals surface area contributed by atoms with Crippen LogP contribution in [0.15, 0.2) is 30.5 Å². The van der Waals surface area contributed by atoms with Crippen LogP contribution in [0.25, 0.3) is 10.9 Å². The summed E-state index contributed by atoms with van der Waals surface area (Å²) >= 11 is 0. The van der Waals surface area contributed by atoms with Crippen molar-refractivity contribution in [1.29, 1.82) is 0 Å². The molecule has 2 aromatic rings. The van der Waals surface area contributed by atoms with Gasteiger partial charge in [-0.15, -0.1) is 0 Å². The molecule has 7 heteroatoms. The summed E-state index contributed by atoms with van der Waals surface area (Å²) in [6, 6.07) is 8.15. The molecule has 0 radical (unpaired) electrons. The van der Waals surface area contributed by atoms with Crippen LogP contribution in [0.3, 0.4) is 0 Å². The Balaban J connectivity index is 1.39. The van der Waals surface area contributed by atoms with Crippen LogP contribution >= 0.6 is 0 Å². The number of halogens is 1. The number of alkyl halides is 1. The van der Waals surface area contributed by atoms with Crippen molar-refractivity contribution in [1.82, 2.24) is 14.8 Å². The van der Waals surface area contributed by atoms with Crippen LogP contribution in [0.1, 0.15) is 19.8 Å². The highest BCUT2D eigenvalue weighted by atomic mass is 19.1. The number of hydrogen-bond acceptors (Lipinski definition) is 5. The Hall–Kier alpha value is -2.41. The Morgan fingerprint density at radius 2 is 2.21 bits per heavy atom. The van der Waals surface area contributed by atoms with E-state index in [1.54, 1.807) is 18.2 Å². The van der Waals surface area contributed by atoms with E-state index in [-0.39, 0.29) is 24.5 Å². The van der Waals surface area contributed by atoms with Crippen molar-refractivity contribution in [3.8, 4) is 5.75 Å². The SMILES string of the molecule is COc1ccc(N[C@@H]2CCN(CC(=O)N3C[C@@H](F)C[C@H]3C)C2)c2cccnc12. The largest absolute Gasteiger partial charge is 0.494 e. The van der Waals surface area contributed by atoms with Crippen LogP contribution < -0.4 is 10.1 Å².